The first-order valence-electron chi connectivity index (χ1n) is 18.6. The van der Waals surface area contributed by atoms with Crippen LogP contribution in [0.5, 0.6) is 0 Å². The van der Waals surface area contributed by atoms with Crippen LogP contribution in [0.2, 0.25) is 0 Å². The fourth-order valence-electron chi connectivity index (χ4n) is 7.79. The smallest absolute Gasteiger partial charge is 0.148 e. The quantitative estimate of drug-likeness (QED) is 0.179. The van der Waals surface area contributed by atoms with E-state index in [2.05, 4.69) is 201 Å². The molecule has 0 fully saturated rings. The first kappa shape index (κ1) is 33.6. The van der Waals surface area contributed by atoms with Crippen LogP contribution < -0.4 is 5.73 Å². The van der Waals surface area contributed by atoms with Crippen LogP contribution in [-0.4, -0.2) is 19.1 Å². The molecule has 5 heteroatoms. The lowest BCUT2D eigenvalue weighted by Gasteiger charge is -2.10. The van der Waals surface area contributed by atoms with Crippen molar-refractivity contribution in [2.24, 2.45) is 5.73 Å². The van der Waals surface area contributed by atoms with Gasteiger partial charge >= 0.3 is 0 Å². The van der Waals surface area contributed by atoms with E-state index in [1.165, 1.54) is 72.5 Å². The molecule has 0 saturated carbocycles. The average molecular weight is 710 g/mol. The molecule has 0 aliphatic rings. The van der Waals surface area contributed by atoms with Crippen molar-refractivity contribution >= 4 is 43.7 Å². The molecular formula is C50H39N5. The second-order valence-corrected chi connectivity index (χ2v) is 13.8. The molecule has 264 valence electrons. The van der Waals surface area contributed by atoms with Crippen molar-refractivity contribution in [2.45, 2.75) is 12.8 Å². The molecular weight excluding hydrogens is 671 g/mol. The molecule has 0 aliphatic heterocycles. The minimum atomic E-state index is 0.879. The summed E-state index contributed by atoms with van der Waals surface area (Å²) in [4.78, 5) is 8.89. The Labute approximate surface area is 320 Å². The monoisotopic (exact) mass is 709 g/mol. The fourth-order valence-corrected chi connectivity index (χ4v) is 7.79. The van der Waals surface area contributed by atoms with Crippen LogP contribution >= 0.6 is 0 Å². The van der Waals surface area contributed by atoms with Crippen LogP contribution in [0.15, 0.2) is 195 Å². The Morgan fingerprint density at radius 2 is 0.818 bits per heavy atom. The number of benzene rings is 7. The van der Waals surface area contributed by atoms with Gasteiger partial charge in [0.25, 0.3) is 0 Å². The van der Waals surface area contributed by atoms with E-state index in [9.17, 15) is 0 Å². The molecule has 0 saturated heterocycles. The predicted octanol–water partition coefficient (Wildman–Crippen LogP) is 11.6. The minimum Gasteiger partial charge on any atom is -0.405 e. The molecule has 0 aliphatic carbocycles. The van der Waals surface area contributed by atoms with Gasteiger partial charge in [0.05, 0.1) is 16.6 Å². The molecule has 5 nitrogen and oxygen atoms in total. The third-order valence-corrected chi connectivity index (χ3v) is 10.4. The zero-order chi connectivity index (χ0) is 37.1. The molecule has 3 heterocycles. The van der Waals surface area contributed by atoms with E-state index in [1.807, 2.05) is 6.20 Å². The van der Waals surface area contributed by atoms with E-state index >= 15 is 0 Å². The number of hydrogen-bond donors (Lipinski definition) is 1. The third kappa shape index (κ3) is 6.42. The van der Waals surface area contributed by atoms with Gasteiger partial charge in [0.2, 0.25) is 0 Å². The van der Waals surface area contributed by atoms with Crippen molar-refractivity contribution in [2.75, 3.05) is 0 Å². The summed E-state index contributed by atoms with van der Waals surface area (Å²) in [7, 11) is 0. The molecule has 3 aromatic heterocycles. The van der Waals surface area contributed by atoms with Gasteiger partial charge in [-0.15, -0.1) is 0 Å². The van der Waals surface area contributed by atoms with Crippen molar-refractivity contribution in [3.8, 4) is 22.5 Å². The van der Waals surface area contributed by atoms with E-state index in [0.717, 1.165) is 35.1 Å². The topological polar surface area (TPSA) is 61.7 Å². The highest BCUT2D eigenvalue weighted by Gasteiger charge is 2.14. The molecule has 55 heavy (non-hydrogen) atoms. The number of para-hydroxylation sites is 3. The number of nitrogens with zero attached hydrogens (tertiary/aromatic N) is 4. The van der Waals surface area contributed by atoms with E-state index in [-0.39, 0.29) is 0 Å². The molecule has 0 bridgehead atoms. The lowest BCUT2D eigenvalue weighted by molar-refractivity contribution is 1.10. The average Bonchev–Trinajstić information content (AvgIpc) is 3.76. The highest BCUT2D eigenvalue weighted by Crippen LogP contribution is 2.33. The summed E-state index contributed by atoms with van der Waals surface area (Å²) in [5, 5.41) is 4.81. The summed E-state index contributed by atoms with van der Waals surface area (Å²) in [5.74, 6) is 0. The summed E-state index contributed by atoms with van der Waals surface area (Å²) >= 11 is 0. The van der Waals surface area contributed by atoms with Crippen LogP contribution in [0.1, 0.15) is 22.3 Å². The first-order chi connectivity index (χ1) is 27.2. The predicted molar refractivity (Wildman–Crippen MR) is 229 cm³/mol. The van der Waals surface area contributed by atoms with Gasteiger partial charge in [-0.1, -0.05) is 134 Å². The van der Waals surface area contributed by atoms with E-state index < -0.39 is 0 Å². The lowest BCUT2D eigenvalue weighted by atomic mass is 9.98. The number of aromatic nitrogens is 4. The zero-order valence-corrected chi connectivity index (χ0v) is 30.4. The maximum Gasteiger partial charge on any atom is 0.148 e. The molecule has 0 spiro atoms. The Hall–Kier alpha value is -7.24. The van der Waals surface area contributed by atoms with Gasteiger partial charge in [0.15, 0.2) is 0 Å². The van der Waals surface area contributed by atoms with Crippen molar-refractivity contribution in [1.29, 1.82) is 0 Å². The number of hydrogen-bond acceptors (Lipinski definition) is 3. The second kappa shape index (κ2) is 14.6. The van der Waals surface area contributed by atoms with Gasteiger partial charge in [-0.25, -0.2) is 9.97 Å². The summed E-state index contributed by atoms with van der Waals surface area (Å²) < 4.78 is 4.59. The molecule has 10 aromatic rings. The Kier molecular flexibility index (Phi) is 8.94. The molecule has 7 aromatic carbocycles. The maximum atomic E-state index is 4.62. The van der Waals surface area contributed by atoms with Gasteiger partial charge in [-0.3, -0.25) is 4.57 Å². The Morgan fingerprint density at radius 3 is 1.27 bits per heavy atom. The Bertz CT molecular complexity index is 2610. The van der Waals surface area contributed by atoms with Crippen molar-refractivity contribution in [3.63, 3.8) is 0 Å². The molecule has 0 atom stereocenters. The van der Waals surface area contributed by atoms with Gasteiger partial charge in [0.1, 0.15) is 12.0 Å². The van der Waals surface area contributed by atoms with Crippen LogP contribution in [0.3, 0.4) is 0 Å². The summed E-state index contributed by atoms with van der Waals surface area (Å²) in [5.41, 5.74) is 19.1. The van der Waals surface area contributed by atoms with E-state index in [1.54, 1.807) is 6.33 Å². The molecule has 0 amide bonds. The highest BCUT2D eigenvalue weighted by atomic mass is 15.1. The Morgan fingerprint density at radius 1 is 0.455 bits per heavy atom. The third-order valence-electron chi connectivity index (χ3n) is 10.4. The molecule has 2 N–H and O–H groups in total. The molecule has 0 radical (unpaired) electrons. The zero-order valence-electron chi connectivity index (χ0n) is 30.4. The largest absolute Gasteiger partial charge is 0.405 e. The van der Waals surface area contributed by atoms with Crippen LogP contribution in [0.4, 0.5) is 0 Å². The molecule has 0 unspecified atom stereocenters. The normalized spacial score (nSPS) is 11.2. The standard InChI is InChI=1S/C48H34N4.C2H5N/c1-4-10-45-41(7-1)42-8-2-5-11-46(42)51(45)39-25-17-35(18-26-39)29-33-13-21-37(22-14-33)38-23-15-34(16-24-38)30-36-19-27-40(28-20-36)52-47-12-6-3-9-43(47)44-31-49-32-50-48(44)52;1-2-3/h1-28,31-32H,29-30H2;2H,1,3H2. The van der Waals surface area contributed by atoms with Crippen molar-refractivity contribution in [3.05, 3.63) is 217 Å². The number of fused-ring (bicyclic) bond motifs is 6. The highest BCUT2D eigenvalue weighted by molar-refractivity contribution is 6.09. The van der Waals surface area contributed by atoms with Crippen LogP contribution in [0.25, 0.3) is 66.2 Å². The van der Waals surface area contributed by atoms with E-state index in [4.69, 9.17) is 0 Å². The fraction of sp³-hybridized carbons (Fsp3) is 0.0400. The van der Waals surface area contributed by atoms with Crippen LogP contribution in [0, 0.1) is 0 Å². The van der Waals surface area contributed by atoms with Crippen LogP contribution in [-0.2, 0) is 12.8 Å². The van der Waals surface area contributed by atoms with Crippen molar-refractivity contribution < 1.29 is 0 Å². The lowest BCUT2D eigenvalue weighted by Crippen LogP contribution is -1.96. The minimum absolute atomic E-state index is 0.879. The maximum absolute atomic E-state index is 4.62. The van der Waals surface area contributed by atoms with Gasteiger partial charge in [-0.05, 0) is 94.9 Å². The van der Waals surface area contributed by atoms with Crippen molar-refractivity contribution in [1.82, 2.24) is 19.1 Å². The summed E-state index contributed by atoms with van der Waals surface area (Å²) in [6.07, 6.45) is 6.55. The van der Waals surface area contributed by atoms with Gasteiger partial charge in [0, 0.05) is 39.1 Å². The number of rotatable bonds is 7. The SMILES string of the molecule is C=CN.c1ccc2c(c1)c1ccccc1n2-c1ccc(Cc2ccc(-c3ccc(Cc4ccc(-n5c6ccccc6c6cncnc65)cc4)cc3)cc2)cc1. The Balaban J connectivity index is 0.00000128. The second-order valence-electron chi connectivity index (χ2n) is 13.8. The summed E-state index contributed by atoms with van der Waals surface area (Å²) in [6, 6.07) is 61.6. The summed E-state index contributed by atoms with van der Waals surface area (Å²) in [6.45, 7) is 3.14. The van der Waals surface area contributed by atoms with Gasteiger partial charge < -0.3 is 10.3 Å². The number of nitrogens with two attached hydrogens (primary N) is 1. The first-order valence-corrected chi connectivity index (χ1v) is 18.6. The van der Waals surface area contributed by atoms with E-state index in [0.29, 0.717) is 0 Å². The molecule has 10 rings (SSSR count). The van der Waals surface area contributed by atoms with Gasteiger partial charge in [-0.2, -0.15) is 0 Å².